The summed E-state index contributed by atoms with van der Waals surface area (Å²) in [6.45, 7) is 5.41. The van der Waals surface area contributed by atoms with E-state index in [0.717, 1.165) is 13.0 Å². The van der Waals surface area contributed by atoms with Crippen LogP contribution in [0.2, 0.25) is 0 Å². The van der Waals surface area contributed by atoms with Crippen LogP contribution in [0.3, 0.4) is 0 Å². The van der Waals surface area contributed by atoms with Crippen molar-refractivity contribution in [1.29, 1.82) is 0 Å². The summed E-state index contributed by atoms with van der Waals surface area (Å²) in [5.41, 5.74) is 4.17. The van der Waals surface area contributed by atoms with Crippen molar-refractivity contribution in [2.24, 2.45) is 0 Å². The predicted octanol–water partition coefficient (Wildman–Crippen LogP) is 3.89. The lowest BCUT2D eigenvalue weighted by atomic mass is 10.1. The number of rotatable bonds is 5. The third kappa shape index (κ3) is 3.44. The van der Waals surface area contributed by atoms with Gasteiger partial charge in [0.25, 0.3) is 0 Å². The van der Waals surface area contributed by atoms with Gasteiger partial charge >= 0.3 is 0 Å². The van der Waals surface area contributed by atoms with Crippen molar-refractivity contribution >= 4 is 0 Å². The summed E-state index contributed by atoms with van der Waals surface area (Å²) in [6.07, 6.45) is 1.09. The molecule has 1 atom stereocenters. The molecule has 94 valence electrons. The van der Waals surface area contributed by atoms with Gasteiger partial charge in [0, 0.05) is 6.04 Å². The van der Waals surface area contributed by atoms with Crippen molar-refractivity contribution in [1.82, 2.24) is 5.32 Å². The second-order valence-electron chi connectivity index (χ2n) is 4.76. The standard InChI is InChI=1S/C17H21N/c1-14-8-6-7-9-16(14)12-13-18-15(2)17-10-4-3-5-11-17/h3-11,15,18H,12-13H2,1-2H3. The SMILES string of the molecule is Cc1ccccc1CCNC(C)c1ccccc1. The largest absolute Gasteiger partial charge is 0.310 e. The fourth-order valence-electron chi connectivity index (χ4n) is 2.17. The molecule has 0 saturated carbocycles. The van der Waals surface area contributed by atoms with Crippen LogP contribution >= 0.6 is 0 Å². The number of nitrogens with one attached hydrogen (secondary N) is 1. The van der Waals surface area contributed by atoms with Crippen molar-refractivity contribution in [3.05, 3.63) is 71.3 Å². The molecule has 0 saturated heterocycles. The Morgan fingerprint density at radius 2 is 1.61 bits per heavy atom. The van der Waals surface area contributed by atoms with Crippen LogP contribution in [0, 0.1) is 6.92 Å². The minimum absolute atomic E-state index is 0.412. The minimum atomic E-state index is 0.412. The maximum Gasteiger partial charge on any atom is 0.0291 e. The Balaban J connectivity index is 1.84. The molecule has 0 aromatic heterocycles. The second-order valence-corrected chi connectivity index (χ2v) is 4.76. The molecule has 0 bridgehead atoms. The lowest BCUT2D eigenvalue weighted by Gasteiger charge is -2.14. The second kappa shape index (κ2) is 6.36. The van der Waals surface area contributed by atoms with Gasteiger partial charge in [-0.15, -0.1) is 0 Å². The quantitative estimate of drug-likeness (QED) is 0.834. The van der Waals surface area contributed by atoms with E-state index < -0.39 is 0 Å². The summed E-state index contributed by atoms with van der Waals surface area (Å²) in [6, 6.07) is 19.6. The van der Waals surface area contributed by atoms with E-state index in [0.29, 0.717) is 6.04 Å². The zero-order chi connectivity index (χ0) is 12.8. The Bertz CT molecular complexity index is 476. The number of hydrogen-bond acceptors (Lipinski definition) is 1. The molecule has 0 heterocycles. The van der Waals surface area contributed by atoms with Gasteiger partial charge in [-0.25, -0.2) is 0 Å². The van der Waals surface area contributed by atoms with E-state index >= 15 is 0 Å². The molecule has 2 aromatic rings. The molecule has 1 N–H and O–H groups in total. The average molecular weight is 239 g/mol. The highest BCUT2D eigenvalue weighted by molar-refractivity contribution is 5.26. The zero-order valence-electron chi connectivity index (χ0n) is 11.2. The smallest absolute Gasteiger partial charge is 0.0291 e. The molecule has 0 radical (unpaired) electrons. The van der Waals surface area contributed by atoms with Crippen LogP contribution < -0.4 is 5.32 Å². The molecule has 18 heavy (non-hydrogen) atoms. The van der Waals surface area contributed by atoms with Gasteiger partial charge in [-0.3, -0.25) is 0 Å². The summed E-state index contributed by atoms with van der Waals surface area (Å²) in [5, 5.41) is 3.57. The summed E-state index contributed by atoms with van der Waals surface area (Å²) >= 11 is 0. The highest BCUT2D eigenvalue weighted by Gasteiger charge is 2.03. The zero-order valence-corrected chi connectivity index (χ0v) is 11.2. The summed E-state index contributed by atoms with van der Waals surface area (Å²) < 4.78 is 0. The third-order valence-electron chi connectivity index (χ3n) is 3.41. The summed E-state index contributed by atoms with van der Waals surface area (Å²) in [7, 11) is 0. The molecule has 0 aliphatic heterocycles. The normalized spacial score (nSPS) is 12.3. The van der Waals surface area contributed by atoms with E-state index in [1.807, 2.05) is 0 Å². The van der Waals surface area contributed by atoms with Gasteiger partial charge in [0.2, 0.25) is 0 Å². The van der Waals surface area contributed by atoms with Crippen molar-refractivity contribution < 1.29 is 0 Å². The summed E-state index contributed by atoms with van der Waals surface area (Å²) in [4.78, 5) is 0. The minimum Gasteiger partial charge on any atom is -0.310 e. The van der Waals surface area contributed by atoms with Crippen LogP contribution in [-0.4, -0.2) is 6.54 Å². The van der Waals surface area contributed by atoms with Crippen LogP contribution in [0.5, 0.6) is 0 Å². The van der Waals surface area contributed by atoms with E-state index in [9.17, 15) is 0 Å². The first kappa shape index (κ1) is 12.8. The fourth-order valence-corrected chi connectivity index (χ4v) is 2.17. The number of hydrogen-bond donors (Lipinski definition) is 1. The average Bonchev–Trinajstić information content (AvgIpc) is 2.42. The van der Waals surface area contributed by atoms with Gasteiger partial charge < -0.3 is 5.32 Å². The lowest BCUT2D eigenvalue weighted by Crippen LogP contribution is -2.21. The predicted molar refractivity (Wildman–Crippen MR) is 77.7 cm³/mol. The lowest BCUT2D eigenvalue weighted by molar-refractivity contribution is 0.576. The Kier molecular flexibility index (Phi) is 4.54. The van der Waals surface area contributed by atoms with Crippen LogP contribution in [0.15, 0.2) is 54.6 Å². The first-order valence-electron chi connectivity index (χ1n) is 6.60. The molecule has 1 unspecified atom stereocenters. The van der Waals surface area contributed by atoms with E-state index in [1.165, 1.54) is 16.7 Å². The topological polar surface area (TPSA) is 12.0 Å². The Labute approximate surface area is 110 Å². The van der Waals surface area contributed by atoms with Gasteiger partial charge in [0.1, 0.15) is 0 Å². The molecular formula is C17H21N. The molecule has 1 nitrogen and oxygen atoms in total. The van der Waals surface area contributed by atoms with Crippen LogP contribution in [0.4, 0.5) is 0 Å². The van der Waals surface area contributed by atoms with Gasteiger partial charge in [-0.1, -0.05) is 54.6 Å². The molecule has 2 aromatic carbocycles. The van der Waals surface area contributed by atoms with Crippen LogP contribution in [-0.2, 0) is 6.42 Å². The Morgan fingerprint density at radius 1 is 0.944 bits per heavy atom. The highest BCUT2D eigenvalue weighted by atomic mass is 14.9. The molecule has 0 aliphatic carbocycles. The van der Waals surface area contributed by atoms with Crippen molar-refractivity contribution in [3.8, 4) is 0 Å². The van der Waals surface area contributed by atoms with Gasteiger partial charge in [0.05, 0.1) is 0 Å². The van der Waals surface area contributed by atoms with Crippen molar-refractivity contribution in [2.45, 2.75) is 26.3 Å². The molecule has 0 amide bonds. The monoisotopic (exact) mass is 239 g/mol. The third-order valence-corrected chi connectivity index (χ3v) is 3.41. The summed E-state index contributed by atoms with van der Waals surface area (Å²) in [5.74, 6) is 0. The molecule has 0 spiro atoms. The van der Waals surface area contributed by atoms with E-state index in [-0.39, 0.29) is 0 Å². The maximum atomic E-state index is 3.57. The highest BCUT2D eigenvalue weighted by Crippen LogP contribution is 2.12. The fraction of sp³-hybridized carbons (Fsp3) is 0.294. The number of aryl methyl sites for hydroxylation is 1. The maximum absolute atomic E-state index is 3.57. The Morgan fingerprint density at radius 3 is 2.33 bits per heavy atom. The van der Waals surface area contributed by atoms with Crippen molar-refractivity contribution in [3.63, 3.8) is 0 Å². The van der Waals surface area contributed by atoms with Gasteiger partial charge in [-0.2, -0.15) is 0 Å². The first-order chi connectivity index (χ1) is 8.77. The van der Waals surface area contributed by atoms with Crippen LogP contribution in [0.25, 0.3) is 0 Å². The molecule has 1 heteroatoms. The molecule has 0 fully saturated rings. The van der Waals surface area contributed by atoms with Crippen LogP contribution in [0.1, 0.15) is 29.7 Å². The van der Waals surface area contributed by atoms with Crippen molar-refractivity contribution in [2.75, 3.05) is 6.54 Å². The van der Waals surface area contributed by atoms with E-state index in [1.54, 1.807) is 0 Å². The Hall–Kier alpha value is -1.60. The molecule has 0 aliphatic rings. The van der Waals surface area contributed by atoms with Gasteiger partial charge in [-0.05, 0) is 43.5 Å². The first-order valence-corrected chi connectivity index (χ1v) is 6.60. The van der Waals surface area contributed by atoms with E-state index in [2.05, 4.69) is 73.8 Å². The van der Waals surface area contributed by atoms with Gasteiger partial charge in [0.15, 0.2) is 0 Å². The molecule has 2 rings (SSSR count). The number of benzene rings is 2. The van der Waals surface area contributed by atoms with E-state index in [4.69, 9.17) is 0 Å². The molecular weight excluding hydrogens is 218 g/mol.